The van der Waals surface area contributed by atoms with E-state index in [9.17, 15) is 19.6 Å². The summed E-state index contributed by atoms with van der Waals surface area (Å²) in [6.45, 7) is 0. The Bertz CT molecular complexity index is 2110. The molecule has 0 radical (unpaired) electrons. The van der Waals surface area contributed by atoms with Crippen molar-refractivity contribution in [1.82, 2.24) is 0 Å². The molecule has 332 valence electrons. The Morgan fingerprint density at radius 2 is 1.13 bits per heavy atom. The molecule has 1 saturated heterocycles. The van der Waals surface area contributed by atoms with Gasteiger partial charge in [0.25, 0.3) is 0 Å². The molecule has 13 heteroatoms. The highest BCUT2D eigenvalue weighted by atomic mass is 16.7. The molecule has 63 heavy (non-hydrogen) atoms. The largest absolute Gasteiger partial charge is 1.00 e. The summed E-state index contributed by atoms with van der Waals surface area (Å²) in [7, 11) is 6.37. The van der Waals surface area contributed by atoms with E-state index in [1.165, 1.54) is 14.2 Å². The van der Waals surface area contributed by atoms with Gasteiger partial charge >= 0.3 is 20.8 Å². The Morgan fingerprint density at radius 1 is 0.667 bits per heavy atom. The fourth-order valence-electron chi connectivity index (χ4n) is 6.29. The predicted molar refractivity (Wildman–Crippen MR) is 246 cm³/mol. The minimum atomic E-state index is -0.481. The van der Waals surface area contributed by atoms with Crippen LogP contribution in [0.3, 0.4) is 0 Å². The number of hydrogen-bond donors (Lipinski definition) is 4. The van der Waals surface area contributed by atoms with Crippen LogP contribution in [0, 0.1) is 0 Å². The SMILES string of the molecule is CO.CO.COC(=O)CC(Nc1ccc(OC)cc1)c1ccccc1.COC(=O)CC(c1ccccc1)N(O)c1ccccc1.O=C1CC(c2ccccc2)N(c2ccccc2)O1.[H+].[H+]. The smallest absolute Gasteiger partial charge is 0.497 e. The van der Waals surface area contributed by atoms with Crippen LogP contribution in [-0.2, 0) is 28.7 Å². The van der Waals surface area contributed by atoms with Gasteiger partial charge in [-0.15, -0.1) is 0 Å². The third kappa shape index (κ3) is 16.3. The topological polar surface area (TPSA) is 167 Å². The molecule has 13 nitrogen and oxygen atoms in total. The molecule has 1 aliphatic rings. The van der Waals surface area contributed by atoms with Crippen LogP contribution in [0.2, 0.25) is 0 Å². The number of benzene rings is 6. The Morgan fingerprint density at radius 3 is 1.63 bits per heavy atom. The summed E-state index contributed by atoms with van der Waals surface area (Å²) in [5.41, 5.74) is 5.44. The highest BCUT2D eigenvalue weighted by Crippen LogP contribution is 2.35. The van der Waals surface area contributed by atoms with Gasteiger partial charge in [-0.25, -0.2) is 9.86 Å². The van der Waals surface area contributed by atoms with Crippen LogP contribution in [-0.4, -0.2) is 68.9 Å². The third-order valence-electron chi connectivity index (χ3n) is 9.36. The lowest BCUT2D eigenvalue weighted by molar-refractivity contribution is -0.142. The number of aliphatic hydroxyl groups is 2. The second kappa shape index (κ2) is 28.4. The van der Waals surface area contributed by atoms with Crippen LogP contribution in [0.5, 0.6) is 5.75 Å². The second-order valence-corrected chi connectivity index (χ2v) is 13.3. The van der Waals surface area contributed by atoms with Gasteiger partial charge in [0.05, 0.1) is 64.1 Å². The Kier molecular flexibility index (Phi) is 22.6. The van der Waals surface area contributed by atoms with E-state index >= 15 is 0 Å². The average Bonchev–Trinajstić information content (AvgIpc) is 3.77. The van der Waals surface area contributed by atoms with Gasteiger partial charge in [0.15, 0.2) is 0 Å². The van der Waals surface area contributed by atoms with E-state index in [1.807, 2.05) is 164 Å². The average molecular weight is 862 g/mol. The number of para-hydroxylation sites is 2. The lowest BCUT2D eigenvalue weighted by Gasteiger charge is -2.27. The number of carbonyl (C=O) groups excluding carboxylic acids is 3. The maximum atomic E-state index is 11.6. The normalized spacial score (nSPS) is 13.1. The first-order chi connectivity index (χ1) is 30.8. The molecule has 0 bridgehead atoms. The summed E-state index contributed by atoms with van der Waals surface area (Å²) in [4.78, 5) is 40.0. The molecule has 7 rings (SSSR count). The van der Waals surface area contributed by atoms with Gasteiger partial charge in [-0.1, -0.05) is 127 Å². The van der Waals surface area contributed by atoms with Crippen molar-refractivity contribution in [3.05, 3.63) is 193 Å². The van der Waals surface area contributed by atoms with Gasteiger partial charge in [-0.05, 0) is 65.2 Å². The van der Waals surface area contributed by atoms with Gasteiger partial charge in [0, 0.05) is 19.9 Å². The number of esters is 2. The molecule has 0 amide bonds. The molecule has 4 N–H and O–H groups in total. The molecule has 1 fully saturated rings. The van der Waals surface area contributed by atoms with E-state index in [2.05, 4.69) is 5.32 Å². The van der Waals surface area contributed by atoms with Gasteiger partial charge in [0.1, 0.15) is 11.8 Å². The first-order valence-corrected chi connectivity index (χ1v) is 20.0. The molecule has 3 atom stereocenters. The number of methoxy groups -OCH3 is 3. The first-order valence-electron chi connectivity index (χ1n) is 20.0. The van der Waals surface area contributed by atoms with Gasteiger partial charge in [-0.2, -0.15) is 5.06 Å². The Labute approximate surface area is 372 Å². The lowest BCUT2D eigenvalue weighted by Crippen LogP contribution is -2.27. The minimum Gasteiger partial charge on any atom is -0.497 e. The number of nitrogens with one attached hydrogen (secondary N) is 1. The van der Waals surface area contributed by atoms with Crippen molar-refractivity contribution in [2.45, 2.75) is 37.4 Å². The van der Waals surface area contributed by atoms with E-state index in [0.29, 0.717) is 12.1 Å². The van der Waals surface area contributed by atoms with E-state index in [4.69, 9.17) is 29.3 Å². The molecule has 0 aliphatic carbocycles. The monoisotopic (exact) mass is 861 g/mol. The van der Waals surface area contributed by atoms with Crippen molar-refractivity contribution >= 4 is 35.0 Å². The van der Waals surface area contributed by atoms with E-state index in [0.717, 1.165) is 53.1 Å². The van der Waals surface area contributed by atoms with Crippen LogP contribution in [0.1, 0.15) is 56.9 Å². The van der Waals surface area contributed by atoms with E-state index in [1.54, 1.807) is 24.3 Å². The molecule has 6 aromatic carbocycles. The first kappa shape index (κ1) is 50.2. The summed E-state index contributed by atoms with van der Waals surface area (Å²) < 4.78 is 14.6. The van der Waals surface area contributed by atoms with Crippen LogP contribution < -0.4 is 20.2 Å². The van der Waals surface area contributed by atoms with Crippen LogP contribution in [0.25, 0.3) is 0 Å². The van der Waals surface area contributed by atoms with Crippen molar-refractivity contribution in [3.63, 3.8) is 0 Å². The number of aliphatic hydroxyl groups excluding tert-OH is 2. The zero-order valence-electron chi connectivity index (χ0n) is 38.2. The predicted octanol–water partition coefficient (Wildman–Crippen LogP) is 9.14. The van der Waals surface area contributed by atoms with Crippen LogP contribution in [0.4, 0.5) is 17.1 Å². The lowest BCUT2D eigenvalue weighted by atomic mass is 10.0. The highest BCUT2D eigenvalue weighted by Gasteiger charge is 2.34. The molecule has 0 spiro atoms. The minimum absolute atomic E-state index is 0. The van der Waals surface area contributed by atoms with Crippen LogP contribution >= 0.6 is 0 Å². The summed E-state index contributed by atoms with van der Waals surface area (Å²) in [6, 6.07) is 54.9. The van der Waals surface area contributed by atoms with Crippen molar-refractivity contribution in [1.29, 1.82) is 0 Å². The number of hydroxylamine groups is 2. The number of ether oxygens (including phenoxy) is 3. The molecular weight excluding hydrogens is 803 g/mol. The van der Waals surface area contributed by atoms with Crippen LogP contribution in [0.15, 0.2) is 176 Å². The Balaban J connectivity index is 0.000000463. The van der Waals surface area contributed by atoms with Gasteiger partial charge in [-0.3, -0.25) is 14.8 Å². The summed E-state index contributed by atoms with van der Waals surface area (Å²) >= 11 is 0. The van der Waals surface area contributed by atoms with Crippen molar-refractivity contribution < 1.29 is 51.7 Å². The molecule has 1 heterocycles. The number of carbonyl (C=O) groups is 3. The molecular formula is C50H59N3O10+2. The molecule has 0 aromatic heterocycles. The standard InChI is InChI=1S/C17H19NO3.C16H17NO3.C15H13NO2.2CH4O/c1-20-15-10-8-14(9-11-15)18-16(12-17(19)21-2)13-6-4-3-5-7-13;1-20-16(18)12-15(13-8-4-2-5-9-13)17(19)14-10-6-3-7-11-14;17-15-11-14(12-7-3-1-4-8-12)16(18-15)13-9-5-2-6-10-13;2*1-2/h3-11,16,18H,12H2,1-2H3;2-11,15,19H,12H2,1H3;1-10,14H,11H2;2*2H,1H3/p+2. The molecule has 1 aliphatic heterocycles. The van der Waals surface area contributed by atoms with E-state index < -0.39 is 6.04 Å². The second-order valence-electron chi connectivity index (χ2n) is 13.3. The highest BCUT2D eigenvalue weighted by molar-refractivity contribution is 5.76. The maximum absolute atomic E-state index is 11.6. The summed E-state index contributed by atoms with van der Waals surface area (Å²) in [6.07, 6.45) is 0.733. The fourth-order valence-corrected chi connectivity index (χ4v) is 6.29. The number of hydrogen-bond acceptors (Lipinski definition) is 13. The van der Waals surface area contributed by atoms with Gasteiger partial charge < -0.3 is 34.6 Å². The Hall–Kier alpha value is -7.19. The molecule has 6 aromatic rings. The molecule has 0 saturated carbocycles. The quantitative estimate of drug-likeness (QED) is 0.0642. The van der Waals surface area contributed by atoms with Crippen molar-refractivity contribution in [2.75, 3.05) is 51.0 Å². The third-order valence-corrected chi connectivity index (χ3v) is 9.36. The maximum Gasteiger partial charge on any atom is 1.00 e. The van der Waals surface area contributed by atoms with Crippen molar-refractivity contribution in [3.8, 4) is 5.75 Å². The molecule has 3 unspecified atom stereocenters. The number of anilines is 3. The zero-order chi connectivity index (χ0) is 45.8. The number of nitrogens with zero attached hydrogens (tertiary/aromatic N) is 2. The van der Waals surface area contributed by atoms with Gasteiger partial charge in [0.2, 0.25) is 0 Å². The fraction of sp³-hybridized carbons (Fsp3) is 0.220. The van der Waals surface area contributed by atoms with Crippen molar-refractivity contribution in [2.24, 2.45) is 0 Å². The number of rotatable bonds is 13. The van der Waals surface area contributed by atoms with E-state index in [-0.39, 0.29) is 45.7 Å². The summed E-state index contributed by atoms with van der Waals surface area (Å²) in [5.74, 6) is -0.00353. The zero-order valence-corrected chi connectivity index (χ0v) is 36.2. The summed E-state index contributed by atoms with van der Waals surface area (Å²) in [5, 5.41) is 30.6.